The lowest BCUT2D eigenvalue weighted by atomic mass is 10.2. The van der Waals surface area contributed by atoms with E-state index in [4.69, 9.17) is 14.7 Å². The van der Waals surface area contributed by atoms with Crippen molar-refractivity contribution in [1.29, 1.82) is 5.26 Å². The fourth-order valence-corrected chi connectivity index (χ4v) is 2.47. The van der Waals surface area contributed by atoms with E-state index >= 15 is 0 Å². The van der Waals surface area contributed by atoms with E-state index in [9.17, 15) is 4.79 Å². The highest BCUT2D eigenvalue weighted by Gasteiger charge is 2.25. The standard InChI is InChI=1S/C16H17N5O3/c1-2-20(16(22)9-21-11-18-15(7-17)19-21)8-12-10-23-13-5-3-4-6-14(13)24-12/h3-6,11-12H,2,8-10H2,1H3. The highest BCUT2D eigenvalue weighted by molar-refractivity contribution is 5.75. The van der Waals surface area contributed by atoms with Crippen LogP contribution in [0.4, 0.5) is 0 Å². The number of ether oxygens (including phenoxy) is 2. The molecule has 0 N–H and O–H groups in total. The lowest BCUT2D eigenvalue weighted by molar-refractivity contribution is -0.133. The monoisotopic (exact) mass is 327 g/mol. The van der Waals surface area contributed by atoms with Crippen molar-refractivity contribution >= 4 is 5.91 Å². The molecule has 3 rings (SSSR count). The number of aromatic nitrogens is 3. The number of nitrogens with zero attached hydrogens (tertiary/aromatic N) is 5. The Bertz CT molecular complexity index is 767. The molecular weight excluding hydrogens is 310 g/mol. The zero-order valence-corrected chi connectivity index (χ0v) is 13.3. The molecule has 0 spiro atoms. The number of likely N-dealkylation sites (N-methyl/N-ethyl adjacent to an activating group) is 1. The van der Waals surface area contributed by atoms with Crippen LogP contribution in [0.5, 0.6) is 11.5 Å². The minimum Gasteiger partial charge on any atom is -0.486 e. The molecule has 8 heteroatoms. The van der Waals surface area contributed by atoms with E-state index in [1.807, 2.05) is 37.3 Å². The summed E-state index contributed by atoms with van der Waals surface area (Å²) >= 11 is 0. The number of hydrogen-bond donors (Lipinski definition) is 0. The second kappa shape index (κ2) is 7.00. The number of fused-ring (bicyclic) bond motifs is 1. The maximum absolute atomic E-state index is 12.4. The van der Waals surface area contributed by atoms with E-state index in [0.717, 1.165) is 5.75 Å². The molecule has 1 unspecified atom stereocenters. The van der Waals surface area contributed by atoms with Gasteiger partial charge in [-0.25, -0.2) is 9.67 Å². The molecule has 0 saturated carbocycles. The summed E-state index contributed by atoms with van der Waals surface area (Å²) in [5.41, 5.74) is 0. The van der Waals surface area contributed by atoms with Gasteiger partial charge >= 0.3 is 0 Å². The Morgan fingerprint density at radius 3 is 2.96 bits per heavy atom. The summed E-state index contributed by atoms with van der Waals surface area (Å²) in [6, 6.07) is 9.30. The molecule has 1 aromatic carbocycles. The van der Waals surface area contributed by atoms with Crippen LogP contribution in [0.25, 0.3) is 0 Å². The molecule has 1 aliphatic rings. The van der Waals surface area contributed by atoms with E-state index < -0.39 is 0 Å². The number of benzene rings is 1. The highest BCUT2D eigenvalue weighted by atomic mass is 16.6. The molecule has 24 heavy (non-hydrogen) atoms. The van der Waals surface area contributed by atoms with Crippen LogP contribution in [0.1, 0.15) is 12.7 Å². The number of hydrogen-bond acceptors (Lipinski definition) is 6. The van der Waals surface area contributed by atoms with Crippen molar-refractivity contribution in [2.45, 2.75) is 19.6 Å². The van der Waals surface area contributed by atoms with E-state index in [0.29, 0.717) is 25.4 Å². The van der Waals surface area contributed by atoms with Crippen LogP contribution < -0.4 is 9.47 Å². The molecule has 2 heterocycles. The van der Waals surface area contributed by atoms with Gasteiger partial charge in [0.25, 0.3) is 5.82 Å². The van der Waals surface area contributed by atoms with Gasteiger partial charge < -0.3 is 14.4 Å². The van der Waals surface area contributed by atoms with Gasteiger partial charge in [0.05, 0.1) is 6.54 Å². The van der Waals surface area contributed by atoms with Gasteiger partial charge in [0.1, 0.15) is 25.5 Å². The normalized spacial score (nSPS) is 15.6. The fourth-order valence-electron chi connectivity index (χ4n) is 2.47. The molecular formula is C16H17N5O3. The number of amides is 1. The van der Waals surface area contributed by atoms with Crippen molar-refractivity contribution in [3.05, 3.63) is 36.4 Å². The van der Waals surface area contributed by atoms with Crippen molar-refractivity contribution < 1.29 is 14.3 Å². The molecule has 8 nitrogen and oxygen atoms in total. The molecule has 0 radical (unpaired) electrons. The van der Waals surface area contributed by atoms with Gasteiger partial charge in [-0.15, -0.1) is 5.10 Å². The lowest BCUT2D eigenvalue weighted by Gasteiger charge is -2.30. The van der Waals surface area contributed by atoms with Crippen LogP contribution in [0.15, 0.2) is 30.6 Å². The maximum atomic E-state index is 12.4. The number of para-hydroxylation sites is 2. The van der Waals surface area contributed by atoms with E-state index in [-0.39, 0.29) is 24.4 Å². The average molecular weight is 327 g/mol. The Labute approximate surface area is 139 Å². The fraction of sp³-hybridized carbons (Fsp3) is 0.375. The molecule has 1 aliphatic heterocycles. The Morgan fingerprint density at radius 2 is 2.25 bits per heavy atom. The zero-order valence-electron chi connectivity index (χ0n) is 13.3. The largest absolute Gasteiger partial charge is 0.486 e. The third-order valence-corrected chi connectivity index (χ3v) is 3.66. The Morgan fingerprint density at radius 1 is 1.46 bits per heavy atom. The Kier molecular flexibility index (Phi) is 4.61. The number of carbonyl (C=O) groups is 1. The Balaban J connectivity index is 1.60. The number of nitriles is 1. The quantitative estimate of drug-likeness (QED) is 0.808. The molecule has 2 aromatic rings. The van der Waals surface area contributed by atoms with Gasteiger partial charge in [0.15, 0.2) is 17.6 Å². The number of rotatable bonds is 5. The lowest BCUT2D eigenvalue weighted by Crippen LogP contribution is -2.44. The highest BCUT2D eigenvalue weighted by Crippen LogP contribution is 2.30. The van der Waals surface area contributed by atoms with Crippen LogP contribution >= 0.6 is 0 Å². The summed E-state index contributed by atoms with van der Waals surface area (Å²) in [7, 11) is 0. The first-order chi connectivity index (χ1) is 11.7. The molecule has 0 saturated heterocycles. The van der Waals surface area contributed by atoms with Gasteiger partial charge in [-0.1, -0.05) is 12.1 Å². The predicted molar refractivity (Wildman–Crippen MR) is 83.3 cm³/mol. The minimum atomic E-state index is -0.228. The van der Waals surface area contributed by atoms with Gasteiger partial charge in [0.2, 0.25) is 5.91 Å². The number of carbonyl (C=O) groups excluding carboxylic acids is 1. The van der Waals surface area contributed by atoms with Crippen molar-refractivity contribution in [3.63, 3.8) is 0 Å². The van der Waals surface area contributed by atoms with Crippen molar-refractivity contribution in [2.75, 3.05) is 19.7 Å². The molecule has 124 valence electrons. The molecule has 0 fully saturated rings. The summed E-state index contributed by atoms with van der Waals surface area (Å²) in [4.78, 5) is 17.9. The second-order valence-corrected chi connectivity index (χ2v) is 5.31. The topological polar surface area (TPSA) is 93.3 Å². The predicted octanol–water partition coefficient (Wildman–Crippen LogP) is 0.838. The van der Waals surface area contributed by atoms with Crippen LogP contribution in [-0.2, 0) is 11.3 Å². The molecule has 1 atom stereocenters. The first kappa shape index (κ1) is 15.8. The summed E-state index contributed by atoms with van der Waals surface area (Å²) in [5, 5.41) is 12.6. The first-order valence-electron chi connectivity index (χ1n) is 7.65. The van der Waals surface area contributed by atoms with Crippen LogP contribution in [0, 0.1) is 11.3 Å². The SMILES string of the molecule is CCN(CC1COc2ccccc2O1)C(=O)Cn1cnc(C#N)n1. The first-order valence-corrected chi connectivity index (χ1v) is 7.65. The van der Waals surface area contributed by atoms with Crippen molar-refractivity contribution in [1.82, 2.24) is 19.7 Å². The smallest absolute Gasteiger partial charge is 0.252 e. The van der Waals surface area contributed by atoms with Crippen LogP contribution in [-0.4, -0.2) is 51.4 Å². The van der Waals surface area contributed by atoms with Gasteiger partial charge in [-0.05, 0) is 19.1 Å². The van der Waals surface area contributed by atoms with E-state index in [1.165, 1.54) is 11.0 Å². The van der Waals surface area contributed by atoms with E-state index in [2.05, 4.69) is 10.1 Å². The van der Waals surface area contributed by atoms with Crippen LogP contribution in [0.2, 0.25) is 0 Å². The zero-order chi connectivity index (χ0) is 16.9. The second-order valence-electron chi connectivity index (χ2n) is 5.31. The van der Waals surface area contributed by atoms with E-state index in [1.54, 1.807) is 4.90 Å². The summed E-state index contributed by atoms with van der Waals surface area (Å²) in [5.74, 6) is 1.34. The molecule has 1 aromatic heterocycles. The van der Waals surface area contributed by atoms with Crippen molar-refractivity contribution in [3.8, 4) is 17.6 Å². The van der Waals surface area contributed by atoms with Gasteiger partial charge in [-0.2, -0.15) is 5.26 Å². The molecule has 0 aliphatic carbocycles. The molecule has 0 bridgehead atoms. The van der Waals surface area contributed by atoms with Crippen molar-refractivity contribution in [2.24, 2.45) is 0 Å². The molecule has 1 amide bonds. The van der Waals surface area contributed by atoms with Gasteiger partial charge in [-0.3, -0.25) is 4.79 Å². The summed E-state index contributed by atoms with van der Waals surface area (Å²) in [6.45, 7) is 3.29. The third-order valence-electron chi connectivity index (χ3n) is 3.66. The maximum Gasteiger partial charge on any atom is 0.252 e. The van der Waals surface area contributed by atoms with Gasteiger partial charge in [0, 0.05) is 6.54 Å². The summed E-state index contributed by atoms with van der Waals surface area (Å²) < 4.78 is 12.9. The van der Waals surface area contributed by atoms with Crippen LogP contribution in [0.3, 0.4) is 0 Å². The minimum absolute atomic E-state index is 0.0344. The summed E-state index contributed by atoms with van der Waals surface area (Å²) in [6.07, 6.45) is 1.15. The Hall–Kier alpha value is -3.08. The average Bonchev–Trinajstić information content (AvgIpc) is 3.07. The third kappa shape index (κ3) is 3.46.